The van der Waals surface area contributed by atoms with Gasteiger partial charge in [0.15, 0.2) is 0 Å². The minimum absolute atomic E-state index is 0.0124. The number of nitro groups is 1. The molecule has 33 heavy (non-hydrogen) atoms. The summed E-state index contributed by atoms with van der Waals surface area (Å²) in [5, 5.41) is 10.8. The van der Waals surface area contributed by atoms with Gasteiger partial charge in [-0.15, -0.1) is 0 Å². The fourth-order valence-corrected chi connectivity index (χ4v) is 4.22. The van der Waals surface area contributed by atoms with Crippen molar-refractivity contribution in [2.45, 2.75) is 0 Å². The molecule has 0 N–H and O–H groups in total. The van der Waals surface area contributed by atoms with Gasteiger partial charge in [0, 0.05) is 5.56 Å². The predicted octanol–water partition coefficient (Wildman–Crippen LogP) is 4.87. The highest BCUT2D eigenvalue weighted by Crippen LogP contribution is 2.39. The van der Waals surface area contributed by atoms with Crippen LogP contribution in [0.25, 0.3) is 22.4 Å². The molecule has 0 spiro atoms. The van der Waals surface area contributed by atoms with Gasteiger partial charge < -0.3 is 4.42 Å². The van der Waals surface area contributed by atoms with Gasteiger partial charge in [-0.05, 0) is 42.5 Å². The number of halogens is 2. The summed E-state index contributed by atoms with van der Waals surface area (Å²) < 4.78 is 5.30. The Hall–Kier alpha value is -4.08. The first kappa shape index (κ1) is 20.8. The van der Waals surface area contributed by atoms with Gasteiger partial charge in [-0.1, -0.05) is 35.3 Å². The number of amides is 2. The Labute approximate surface area is 193 Å². The summed E-state index contributed by atoms with van der Waals surface area (Å²) in [5.41, 5.74) is -0.256. The number of aromatic nitrogens is 1. The van der Waals surface area contributed by atoms with Crippen LogP contribution in [-0.2, 0) is 0 Å². The fourth-order valence-electron chi connectivity index (χ4n) is 3.61. The molecule has 11 heteroatoms. The maximum atomic E-state index is 13.1. The number of rotatable bonds is 3. The van der Waals surface area contributed by atoms with Gasteiger partial charge in [0.1, 0.15) is 10.0 Å². The summed E-state index contributed by atoms with van der Waals surface area (Å²) in [6, 6.07) is 13.2. The van der Waals surface area contributed by atoms with E-state index in [1.165, 1.54) is 18.2 Å². The third-order valence-electron chi connectivity index (χ3n) is 5.11. The van der Waals surface area contributed by atoms with Crippen LogP contribution in [0.2, 0.25) is 10.0 Å². The van der Waals surface area contributed by atoms with Gasteiger partial charge in [0.05, 0.1) is 32.6 Å². The number of para-hydroxylation sites is 1. The second-order valence-electron chi connectivity index (χ2n) is 7.04. The zero-order valence-corrected chi connectivity index (χ0v) is 17.8. The highest BCUT2D eigenvalue weighted by atomic mass is 35.5. The molecule has 1 aliphatic heterocycles. The van der Waals surface area contributed by atoms with E-state index in [1.807, 2.05) is 0 Å². The Morgan fingerprint density at radius 3 is 2.27 bits per heavy atom. The van der Waals surface area contributed by atoms with Gasteiger partial charge in [-0.2, -0.15) is 0 Å². The van der Waals surface area contributed by atoms with E-state index >= 15 is 0 Å². The van der Waals surface area contributed by atoms with Gasteiger partial charge >= 0.3 is 11.3 Å². The van der Waals surface area contributed by atoms with E-state index in [9.17, 15) is 24.5 Å². The van der Waals surface area contributed by atoms with E-state index in [0.717, 1.165) is 17.0 Å². The molecule has 0 saturated carbocycles. The second kappa shape index (κ2) is 7.51. The van der Waals surface area contributed by atoms with Crippen molar-refractivity contribution in [1.29, 1.82) is 0 Å². The van der Waals surface area contributed by atoms with Gasteiger partial charge in [0.2, 0.25) is 5.89 Å². The van der Waals surface area contributed by atoms with Crippen molar-refractivity contribution in [3.63, 3.8) is 0 Å². The summed E-state index contributed by atoms with van der Waals surface area (Å²) >= 11 is 11.9. The van der Waals surface area contributed by atoms with Crippen molar-refractivity contribution < 1.29 is 18.9 Å². The molecule has 9 nitrogen and oxygen atoms in total. The predicted molar refractivity (Wildman–Crippen MR) is 120 cm³/mol. The number of anilines is 1. The van der Waals surface area contributed by atoms with Gasteiger partial charge in [-0.25, -0.2) is 14.7 Å². The average molecular weight is 482 g/mol. The molecule has 3 aromatic carbocycles. The van der Waals surface area contributed by atoms with Gasteiger partial charge in [-0.3, -0.25) is 19.7 Å². The number of fused-ring (bicyclic) bond motifs is 2. The minimum Gasteiger partial charge on any atom is -0.403 e. The van der Waals surface area contributed by atoms with Crippen molar-refractivity contribution in [3.8, 4) is 11.5 Å². The first-order chi connectivity index (χ1) is 15.8. The number of imide groups is 1. The topological polar surface area (TPSA) is 124 Å². The van der Waals surface area contributed by atoms with Crippen LogP contribution in [-0.4, -0.2) is 21.7 Å². The summed E-state index contributed by atoms with van der Waals surface area (Å²) in [7, 11) is 0. The van der Waals surface area contributed by atoms with Crippen LogP contribution in [0.4, 0.5) is 11.4 Å². The van der Waals surface area contributed by atoms with Crippen LogP contribution in [0.3, 0.4) is 0 Å². The van der Waals surface area contributed by atoms with Crippen LogP contribution in [0, 0.1) is 10.1 Å². The zero-order chi connectivity index (χ0) is 23.4. The van der Waals surface area contributed by atoms with Crippen molar-refractivity contribution >= 4 is 57.3 Å². The van der Waals surface area contributed by atoms with E-state index in [-0.39, 0.29) is 32.8 Å². The van der Waals surface area contributed by atoms with E-state index in [0.29, 0.717) is 16.5 Å². The SMILES string of the molecule is O=C1c2ccc(-c3nc4ccccc4c(=O)o3)cc2C(=O)N1c1cc(Cl)c([N+](=O)[O-])c(Cl)c1. The molecule has 0 bridgehead atoms. The Kier molecular flexibility index (Phi) is 4.73. The monoisotopic (exact) mass is 481 g/mol. The highest BCUT2D eigenvalue weighted by molar-refractivity contribution is 6.40. The number of nitro benzene ring substituents is 1. The smallest absolute Gasteiger partial charge is 0.347 e. The molecular formula is C22H9Cl2N3O6. The van der Waals surface area contributed by atoms with Crippen molar-refractivity contribution in [3.05, 3.63) is 96.3 Å². The first-order valence-electron chi connectivity index (χ1n) is 9.33. The number of carbonyl (C=O) groups excluding carboxylic acids is 2. The van der Waals surface area contributed by atoms with Crippen molar-refractivity contribution in [2.75, 3.05) is 4.90 Å². The molecular weight excluding hydrogens is 473 g/mol. The lowest BCUT2D eigenvalue weighted by atomic mass is 10.1. The molecule has 0 unspecified atom stereocenters. The molecule has 5 rings (SSSR count). The largest absolute Gasteiger partial charge is 0.403 e. The lowest BCUT2D eigenvalue weighted by Crippen LogP contribution is -2.29. The summed E-state index contributed by atoms with van der Waals surface area (Å²) in [5.74, 6) is -1.36. The summed E-state index contributed by atoms with van der Waals surface area (Å²) in [6.07, 6.45) is 0. The molecule has 2 heterocycles. The number of hydrogen-bond donors (Lipinski definition) is 0. The minimum atomic E-state index is -0.757. The molecule has 1 aliphatic rings. The standard InChI is InChI=1S/C22H9Cl2N3O6/c23-15-8-11(9-16(24)18(15)27(31)32)26-20(28)12-6-5-10(7-14(12)21(26)29)19-25-17-4-2-1-3-13(17)22(30)33-19/h1-9H. The maximum Gasteiger partial charge on any atom is 0.347 e. The molecule has 0 saturated heterocycles. The molecule has 4 aromatic rings. The summed E-state index contributed by atoms with van der Waals surface area (Å²) in [4.78, 5) is 53.8. The molecule has 0 atom stereocenters. The maximum absolute atomic E-state index is 13.1. The molecule has 0 aliphatic carbocycles. The first-order valence-corrected chi connectivity index (χ1v) is 10.1. The Morgan fingerprint density at radius 2 is 1.58 bits per heavy atom. The van der Waals surface area contributed by atoms with E-state index in [1.54, 1.807) is 24.3 Å². The normalized spacial score (nSPS) is 13.0. The van der Waals surface area contributed by atoms with Crippen LogP contribution >= 0.6 is 23.2 Å². The van der Waals surface area contributed by atoms with Crippen molar-refractivity contribution in [1.82, 2.24) is 4.98 Å². The number of hydrogen-bond acceptors (Lipinski definition) is 7. The van der Waals surface area contributed by atoms with Crippen LogP contribution < -0.4 is 10.5 Å². The van der Waals surface area contributed by atoms with E-state index < -0.39 is 28.1 Å². The lowest BCUT2D eigenvalue weighted by molar-refractivity contribution is -0.384. The molecule has 0 radical (unpaired) electrons. The summed E-state index contributed by atoms with van der Waals surface area (Å²) in [6.45, 7) is 0. The Balaban J connectivity index is 1.59. The Morgan fingerprint density at radius 1 is 0.909 bits per heavy atom. The van der Waals surface area contributed by atoms with E-state index in [4.69, 9.17) is 27.6 Å². The zero-order valence-electron chi connectivity index (χ0n) is 16.2. The number of carbonyl (C=O) groups is 2. The van der Waals surface area contributed by atoms with Gasteiger partial charge in [0.25, 0.3) is 11.8 Å². The molecule has 0 fully saturated rings. The Bertz CT molecular complexity index is 1570. The van der Waals surface area contributed by atoms with Crippen molar-refractivity contribution in [2.24, 2.45) is 0 Å². The van der Waals surface area contributed by atoms with Crippen LogP contribution in [0.15, 0.2) is 63.8 Å². The molecule has 162 valence electrons. The highest BCUT2D eigenvalue weighted by Gasteiger charge is 2.38. The average Bonchev–Trinajstić information content (AvgIpc) is 3.02. The quantitative estimate of drug-likeness (QED) is 0.232. The number of benzene rings is 3. The lowest BCUT2D eigenvalue weighted by Gasteiger charge is -2.14. The third kappa shape index (κ3) is 3.25. The number of nitrogens with zero attached hydrogens (tertiary/aromatic N) is 3. The van der Waals surface area contributed by atoms with E-state index in [2.05, 4.69) is 4.98 Å². The van der Waals surface area contributed by atoms with Crippen LogP contribution in [0.5, 0.6) is 0 Å². The molecule has 2 amide bonds. The second-order valence-corrected chi connectivity index (χ2v) is 7.86. The molecule has 1 aromatic heterocycles. The third-order valence-corrected chi connectivity index (χ3v) is 5.69. The fraction of sp³-hybridized carbons (Fsp3) is 0. The van der Waals surface area contributed by atoms with Crippen LogP contribution in [0.1, 0.15) is 20.7 Å².